The van der Waals surface area contributed by atoms with Gasteiger partial charge in [0.2, 0.25) is 0 Å². The number of hydrogen-bond donors (Lipinski definition) is 0. The van der Waals surface area contributed by atoms with Crippen molar-refractivity contribution < 1.29 is 13.5 Å². The topological polar surface area (TPSA) is 9.23 Å². The number of rotatable bonds is 3. The molecule has 112 valence electrons. The number of alkyl halides is 1. The molecule has 1 nitrogen and oxygen atoms in total. The van der Waals surface area contributed by atoms with Crippen LogP contribution in [0.25, 0.3) is 0 Å². The Balaban J connectivity index is 2.52. The summed E-state index contributed by atoms with van der Waals surface area (Å²) in [5.41, 5.74) is 0.256. The van der Waals surface area contributed by atoms with Gasteiger partial charge >= 0.3 is 0 Å². The summed E-state index contributed by atoms with van der Waals surface area (Å²) in [6.07, 6.45) is 0. The summed E-state index contributed by atoms with van der Waals surface area (Å²) in [6, 6.07) is 4.70. The summed E-state index contributed by atoms with van der Waals surface area (Å²) in [7, 11) is 1.43. The quantitative estimate of drug-likeness (QED) is 0.456. The molecule has 0 saturated carbocycles. The first-order chi connectivity index (χ1) is 9.85. The van der Waals surface area contributed by atoms with Crippen LogP contribution in [0.5, 0.6) is 5.75 Å². The van der Waals surface area contributed by atoms with E-state index in [1.807, 2.05) is 0 Å². The smallest absolute Gasteiger partial charge is 0.142 e. The van der Waals surface area contributed by atoms with Gasteiger partial charge in [0.05, 0.1) is 22.5 Å². The lowest BCUT2D eigenvalue weighted by Gasteiger charge is -2.15. The van der Waals surface area contributed by atoms with E-state index >= 15 is 0 Å². The molecule has 0 heterocycles. The molecular weight excluding hydrogens is 364 g/mol. The van der Waals surface area contributed by atoms with Crippen molar-refractivity contribution in [1.29, 1.82) is 0 Å². The van der Waals surface area contributed by atoms with Gasteiger partial charge in [-0.2, -0.15) is 0 Å². The average Bonchev–Trinajstić information content (AvgIpc) is 2.44. The summed E-state index contributed by atoms with van der Waals surface area (Å²) < 4.78 is 32.4. The number of ether oxygens (including phenoxy) is 1. The van der Waals surface area contributed by atoms with Gasteiger partial charge in [-0.05, 0) is 23.8 Å². The normalized spacial score (nSPS) is 12.3. The summed E-state index contributed by atoms with van der Waals surface area (Å²) in [6.45, 7) is 0. The molecule has 7 heteroatoms. The van der Waals surface area contributed by atoms with Gasteiger partial charge in [0, 0.05) is 16.7 Å². The van der Waals surface area contributed by atoms with E-state index in [0.717, 1.165) is 12.1 Å². The van der Waals surface area contributed by atoms with E-state index in [1.54, 1.807) is 0 Å². The zero-order chi connectivity index (χ0) is 15.7. The summed E-state index contributed by atoms with van der Waals surface area (Å²) in [5, 5.41) is -0.852. The minimum atomic E-state index is -1.02. The number of methoxy groups -OCH3 is 1. The molecule has 0 aliphatic heterocycles. The van der Waals surface area contributed by atoms with Crippen LogP contribution in [0.1, 0.15) is 16.5 Å². The molecular formula is C14H8Cl4F2O. The third-order valence-electron chi connectivity index (χ3n) is 2.86. The van der Waals surface area contributed by atoms with Gasteiger partial charge in [0.1, 0.15) is 17.4 Å². The number of halogens is 6. The lowest BCUT2D eigenvalue weighted by atomic mass is 10.0. The van der Waals surface area contributed by atoms with Gasteiger partial charge in [-0.3, -0.25) is 0 Å². The monoisotopic (exact) mass is 370 g/mol. The van der Waals surface area contributed by atoms with Crippen LogP contribution in [0, 0.1) is 11.6 Å². The highest BCUT2D eigenvalue weighted by atomic mass is 35.5. The predicted octanol–water partition coefficient (Wildman–Crippen LogP) is 6.26. The molecule has 0 fully saturated rings. The van der Waals surface area contributed by atoms with Crippen molar-refractivity contribution in [3.8, 4) is 5.75 Å². The maximum Gasteiger partial charge on any atom is 0.142 e. The lowest BCUT2D eigenvalue weighted by molar-refractivity contribution is 0.415. The molecule has 0 N–H and O–H groups in total. The number of benzene rings is 2. The summed E-state index contributed by atoms with van der Waals surface area (Å²) in [4.78, 5) is 0. The van der Waals surface area contributed by atoms with Crippen molar-refractivity contribution in [3.63, 3.8) is 0 Å². The Kier molecular flexibility index (Phi) is 5.20. The third kappa shape index (κ3) is 3.37. The molecule has 0 radical (unpaired) electrons. The first kappa shape index (κ1) is 16.6. The fourth-order valence-corrected chi connectivity index (χ4v) is 2.86. The molecule has 1 unspecified atom stereocenters. The standard InChI is InChI=1S/C14H8Cl4F2O/c1-21-13-5-8(15)6(2-10(13)17)14(18)7-3-12(20)9(16)4-11(7)19/h2-5,14H,1H3. The van der Waals surface area contributed by atoms with Crippen LogP contribution in [-0.2, 0) is 0 Å². The molecule has 0 amide bonds. The highest BCUT2D eigenvalue weighted by Crippen LogP contribution is 2.40. The van der Waals surface area contributed by atoms with Crippen LogP contribution in [0.4, 0.5) is 8.78 Å². The van der Waals surface area contributed by atoms with Crippen molar-refractivity contribution in [2.75, 3.05) is 7.11 Å². The molecule has 0 bridgehead atoms. The van der Waals surface area contributed by atoms with Crippen LogP contribution < -0.4 is 4.74 Å². The van der Waals surface area contributed by atoms with E-state index in [0.29, 0.717) is 11.3 Å². The van der Waals surface area contributed by atoms with E-state index in [2.05, 4.69) is 0 Å². The van der Waals surface area contributed by atoms with Crippen molar-refractivity contribution in [2.45, 2.75) is 5.38 Å². The molecule has 0 aliphatic carbocycles. The second-order valence-corrected chi connectivity index (χ2v) is 5.82. The van der Waals surface area contributed by atoms with Crippen molar-refractivity contribution in [2.24, 2.45) is 0 Å². The Bertz CT molecular complexity index is 691. The molecule has 2 aromatic rings. The maximum atomic E-state index is 13.9. The molecule has 2 aromatic carbocycles. The molecule has 0 saturated heterocycles. The van der Waals surface area contributed by atoms with Crippen LogP contribution >= 0.6 is 46.4 Å². The third-order valence-corrected chi connectivity index (χ3v) is 4.24. The summed E-state index contributed by atoms with van der Waals surface area (Å²) in [5.74, 6) is -1.14. The second-order valence-electron chi connectivity index (χ2n) is 4.16. The van der Waals surface area contributed by atoms with Crippen LogP contribution in [-0.4, -0.2) is 7.11 Å². The van der Waals surface area contributed by atoms with E-state index < -0.39 is 17.0 Å². The van der Waals surface area contributed by atoms with Crippen LogP contribution in [0.3, 0.4) is 0 Å². The van der Waals surface area contributed by atoms with Gasteiger partial charge in [-0.15, -0.1) is 11.6 Å². The Morgan fingerprint density at radius 3 is 2.14 bits per heavy atom. The molecule has 1 atom stereocenters. The fraction of sp³-hybridized carbons (Fsp3) is 0.143. The average molecular weight is 372 g/mol. The molecule has 0 aliphatic rings. The Morgan fingerprint density at radius 2 is 1.52 bits per heavy atom. The van der Waals surface area contributed by atoms with E-state index in [-0.39, 0.29) is 20.6 Å². The van der Waals surface area contributed by atoms with E-state index in [4.69, 9.17) is 51.1 Å². The van der Waals surface area contributed by atoms with Gasteiger partial charge in [0.15, 0.2) is 0 Å². The largest absolute Gasteiger partial charge is 0.495 e. The Morgan fingerprint density at radius 1 is 0.857 bits per heavy atom. The van der Waals surface area contributed by atoms with Crippen LogP contribution in [0.2, 0.25) is 15.1 Å². The maximum absolute atomic E-state index is 13.9. The van der Waals surface area contributed by atoms with Gasteiger partial charge in [-0.25, -0.2) is 8.78 Å². The number of hydrogen-bond acceptors (Lipinski definition) is 1. The van der Waals surface area contributed by atoms with E-state index in [1.165, 1.54) is 19.2 Å². The molecule has 2 rings (SSSR count). The molecule has 21 heavy (non-hydrogen) atoms. The summed E-state index contributed by atoms with van der Waals surface area (Å²) >= 11 is 23.8. The Hall–Kier alpha value is -0.740. The van der Waals surface area contributed by atoms with Crippen molar-refractivity contribution >= 4 is 46.4 Å². The lowest BCUT2D eigenvalue weighted by Crippen LogP contribution is -2.00. The first-order valence-corrected chi connectivity index (χ1v) is 7.23. The highest BCUT2D eigenvalue weighted by molar-refractivity contribution is 6.36. The fourth-order valence-electron chi connectivity index (χ4n) is 1.79. The van der Waals surface area contributed by atoms with Crippen LogP contribution in [0.15, 0.2) is 24.3 Å². The minimum absolute atomic E-state index is 0.0818. The highest BCUT2D eigenvalue weighted by Gasteiger charge is 2.21. The van der Waals surface area contributed by atoms with Gasteiger partial charge in [0.25, 0.3) is 0 Å². The molecule has 0 spiro atoms. The SMILES string of the molecule is COc1cc(Cl)c(C(Cl)c2cc(F)c(Cl)cc2F)cc1Cl. The zero-order valence-corrected chi connectivity index (χ0v) is 13.6. The zero-order valence-electron chi connectivity index (χ0n) is 10.6. The molecule has 0 aromatic heterocycles. The van der Waals surface area contributed by atoms with E-state index in [9.17, 15) is 8.78 Å². The second kappa shape index (κ2) is 6.57. The minimum Gasteiger partial charge on any atom is -0.495 e. The first-order valence-electron chi connectivity index (χ1n) is 5.66. The van der Waals surface area contributed by atoms with Gasteiger partial charge in [-0.1, -0.05) is 34.8 Å². The predicted molar refractivity (Wildman–Crippen MR) is 82.1 cm³/mol. The van der Waals surface area contributed by atoms with Crippen molar-refractivity contribution in [1.82, 2.24) is 0 Å². The Labute approximate surface area is 140 Å². The van der Waals surface area contributed by atoms with Crippen molar-refractivity contribution in [3.05, 3.63) is 62.1 Å². The van der Waals surface area contributed by atoms with Gasteiger partial charge < -0.3 is 4.74 Å².